The summed E-state index contributed by atoms with van der Waals surface area (Å²) in [5.41, 5.74) is 0. The second-order valence-electron chi connectivity index (χ2n) is 4.74. The summed E-state index contributed by atoms with van der Waals surface area (Å²) in [5, 5.41) is 56.9. The summed E-state index contributed by atoms with van der Waals surface area (Å²) < 4.78 is 0. The van der Waals surface area contributed by atoms with Gasteiger partial charge in [-0.3, -0.25) is 4.79 Å². The van der Waals surface area contributed by atoms with Crippen molar-refractivity contribution in [3.8, 4) is 0 Å². The number of hydrogen-bond donors (Lipinski definition) is 7. The van der Waals surface area contributed by atoms with Gasteiger partial charge in [0.2, 0.25) is 0 Å². The minimum absolute atomic E-state index is 0.464. The first kappa shape index (κ1) is 18.7. The van der Waals surface area contributed by atoms with Gasteiger partial charge in [0.15, 0.2) is 6.10 Å². The van der Waals surface area contributed by atoms with Crippen LogP contribution in [0.15, 0.2) is 0 Å². The number of carboxylic acid groups (broad SMARTS) is 1. The number of carboxylic acids is 1. The van der Waals surface area contributed by atoms with E-state index < -0.39 is 54.9 Å². The highest BCUT2D eigenvalue weighted by Crippen LogP contribution is 2.07. The highest BCUT2D eigenvalue weighted by atomic mass is 16.4. The molecule has 0 saturated heterocycles. The average molecular weight is 295 g/mol. The highest BCUT2D eigenvalue weighted by molar-refractivity contribution is 5.86. The van der Waals surface area contributed by atoms with E-state index in [-0.39, 0.29) is 0 Å². The molecule has 7 N–H and O–H groups in total. The number of aliphatic carboxylic acids is 1. The van der Waals surface area contributed by atoms with Gasteiger partial charge in [0.05, 0.1) is 6.61 Å². The Labute approximate surface area is 115 Å². The van der Waals surface area contributed by atoms with Gasteiger partial charge in [0, 0.05) is 0 Å². The minimum Gasteiger partial charge on any atom is -0.480 e. The van der Waals surface area contributed by atoms with Crippen LogP contribution in [0.3, 0.4) is 0 Å². The molecule has 0 aliphatic heterocycles. The quantitative estimate of drug-likeness (QED) is 0.244. The van der Waals surface area contributed by atoms with Gasteiger partial charge >= 0.3 is 5.97 Å². The largest absolute Gasteiger partial charge is 0.480 e. The molecule has 0 aromatic heterocycles. The number of carbonyl (C=O) groups is 2. The Bertz CT molecular complexity index is 334. The van der Waals surface area contributed by atoms with Crippen molar-refractivity contribution in [1.29, 1.82) is 0 Å². The van der Waals surface area contributed by atoms with Crippen molar-refractivity contribution in [3.05, 3.63) is 0 Å². The van der Waals surface area contributed by atoms with Crippen LogP contribution in [0.4, 0.5) is 0 Å². The molecule has 5 atom stereocenters. The number of nitrogens with one attached hydrogen (secondary N) is 1. The third kappa shape index (κ3) is 5.02. The zero-order chi connectivity index (χ0) is 16.0. The lowest BCUT2D eigenvalue weighted by molar-refractivity contribution is -0.153. The van der Waals surface area contributed by atoms with Gasteiger partial charge in [0.25, 0.3) is 5.91 Å². The van der Waals surface area contributed by atoms with Crippen LogP contribution in [0.25, 0.3) is 0 Å². The predicted octanol–water partition coefficient (Wildman–Crippen LogP) is -3.35. The van der Waals surface area contributed by atoms with E-state index in [1.54, 1.807) is 0 Å². The lowest BCUT2D eigenvalue weighted by Gasteiger charge is -2.26. The predicted molar refractivity (Wildman–Crippen MR) is 65.5 cm³/mol. The molecular formula is C11H21NO8. The lowest BCUT2D eigenvalue weighted by atomic mass is 10.0. The standard InChI is InChI=1S/C11H21NO8/c1-4(2)6(11(19)20)12-10(18)9(17)8(16)7(15)5(14)3-13/h4-9,13-17H,3H2,1-2H3,(H,12,18)(H,19,20)/t5-,6+,7-,8-,9-/m1/s1. The Morgan fingerprint density at radius 2 is 1.55 bits per heavy atom. The van der Waals surface area contributed by atoms with E-state index in [0.29, 0.717) is 0 Å². The summed E-state index contributed by atoms with van der Waals surface area (Å²) >= 11 is 0. The molecule has 0 fully saturated rings. The molecule has 9 heteroatoms. The zero-order valence-electron chi connectivity index (χ0n) is 11.2. The first-order valence-corrected chi connectivity index (χ1v) is 5.99. The molecule has 0 bridgehead atoms. The van der Waals surface area contributed by atoms with E-state index in [9.17, 15) is 24.9 Å². The number of carbonyl (C=O) groups excluding carboxylic acids is 1. The van der Waals surface area contributed by atoms with E-state index in [0.717, 1.165) is 0 Å². The van der Waals surface area contributed by atoms with Gasteiger partial charge in [-0.1, -0.05) is 13.8 Å². The Morgan fingerprint density at radius 3 is 1.90 bits per heavy atom. The fourth-order valence-electron chi connectivity index (χ4n) is 1.43. The van der Waals surface area contributed by atoms with E-state index in [1.165, 1.54) is 13.8 Å². The van der Waals surface area contributed by atoms with Crippen LogP contribution < -0.4 is 5.32 Å². The summed E-state index contributed by atoms with van der Waals surface area (Å²) in [5.74, 6) is -2.98. The van der Waals surface area contributed by atoms with Crippen LogP contribution in [0, 0.1) is 5.92 Å². The van der Waals surface area contributed by atoms with Crippen molar-refractivity contribution >= 4 is 11.9 Å². The fraction of sp³-hybridized carbons (Fsp3) is 0.818. The maximum absolute atomic E-state index is 11.6. The van der Waals surface area contributed by atoms with E-state index in [2.05, 4.69) is 0 Å². The number of amides is 1. The Kier molecular flexibility index (Phi) is 7.61. The van der Waals surface area contributed by atoms with Crippen LogP contribution >= 0.6 is 0 Å². The Morgan fingerprint density at radius 1 is 1.05 bits per heavy atom. The summed E-state index contributed by atoms with van der Waals surface area (Å²) in [7, 11) is 0. The first-order chi connectivity index (χ1) is 9.13. The molecule has 0 heterocycles. The van der Waals surface area contributed by atoms with E-state index >= 15 is 0 Å². The molecule has 0 aliphatic rings. The SMILES string of the molecule is CC(C)[C@H](NC(=O)[C@H](O)[C@H](O)[C@H](O)[C@H](O)CO)C(=O)O. The zero-order valence-corrected chi connectivity index (χ0v) is 11.2. The highest BCUT2D eigenvalue weighted by Gasteiger charge is 2.36. The van der Waals surface area contributed by atoms with Crippen LogP contribution in [0.2, 0.25) is 0 Å². The number of hydrogen-bond acceptors (Lipinski definition) is 7. The molecule has 0 unspecified atom stereocenters. The van der Waals surface area contributed by atoms with Crippen LogP contribution in [0.1, 0.15) is 13.8 Å². The number of aliphatic hydroxyl groups is 5. The molecule has 0 radical (unpaired) electrons. The summed E-state index contributed by atoms with van der Waals surface area (Å²) in [6, 6.07) is -1.27. The molecule has 1 amide bonds. The summed E-state index contributed by atoms with van der Waals surface area (Å²) in [6.07, 6.45) is -7.92. The summed E-state index contributed by atoms with van der Waals surface area (Å²) in [4.78, 5) is 22.5. The van der Waals surface area contributed by atoms with Crippen LogP contribution in [-0.4, -0.2) is 79.6 Å². The monoisotopic (exact) mass is 295 g/mol. The topological polar surface area (TPSA) is 168 Å². The minimum atomic E-state index is -2.15. The molecular weight excluding hydrogens is 274 g/mol. The van der Waals surface area contributed by atoms with E-state index in [1.807, 2.05) is 5.32 Å². The fourth-order valence-corrected chi connectivity index (χ4v) is 1.43. The van der Waals surface area contributed by atoms with Gasteiger partial charge in [-0.2, -0.15) is 0 Å². The van der Waals surface area contributed by atoms with Gasteiger partial charge in [0.1, 0.15) is 24.4 Å². The molecule has 9 nitrogen and oxygen atoms in total. The van der Waals surface area contributed by atoms with Gasteiger partial charge < -0.3 is 36.0 Å². The third-order valence-corrected chi connectivity index (χ3v) is 2.75. The molecule has 0 saturated carbocycles. The van der Waals surface area contributed by atoms with E-state index in [4.69, 9.17) is 15.3 Å². The molecule has 0 aliphatic carbocycles. The van der Waals surface area contributed by atoms with Crippen molar-refractivity contribution in [2.45, 2.75) is 44.3 Å². The lowest BCUT2D eigenvalue weighted by Crippen LogP contribution is -2.55. The molecule has 0 aromatic carbocycles. The molecule has 0 rings (SSSR count). The maximum atomic E-state index is 11.6. The third-order valence-electron chi connectivity index (χ3n) is 2.75. The second kappa shape index (κ2) is 8.12. The number of aliphatic hydroxyl groups excluding tert-OH is 5. The average Bonchev–Trinajstić information content (AvgIpc) is 2.39. The van der Waals surface area contributed by atoms with Crippen molar-refractivity contribution in [1.82, 2.24) is 5.32 Å². The van der Waals surface area contributed by atoms with Gasteiger partial charge in [-0.25, -0.2) is 4.79 Å². The maximum Gasteiger partial charge on any atom is 0.326 e. The molecule has 118 valence electrons. The molecule has 0 spiro atoms. The van der Waals surface area contributed by atoms with Crippen molar-refractivity contribution < 1.29 is 40.2 Å². The normalized spacial score (nSPS) is 19.0. The van der Waals surface area contributed by atoms with Gasteiger partial charge in [-0.05, 0) is 5.92 Å². The number of rotatable bonds is 8. The second-order valence-corrected chi connectivity index (χ2v) is 4.74. The van der Waals surface area contributed by atoms with Crippen LogP contribution in [0.5, 0.6) is 0 Å². The van der Waals surface area contributed by atoms with Crippen molar-refractivity contribution in [3.63, 3.8) is 0 Å². The molecule has 20 heavy (non-hydrogen) atoms. The summed E-state index contributed by atoms with van der Waals surface area (Å²) in [6.45, 7) is 2.19. The smallest absolute Gasteiger partial charge is 0.326 e. The Hall–Kier alpha value is -1.26. The van der Waals surface area contributed by atoms with Crippen molar-refractivity contribution in [2.75, 3.05) is 6.61 Å². The molecule has 0 aromatic rings. The van der Waals surface area contributed by atoms with Crippen LogP contribution in [-0.2, 0) is 9.59 Å². The van der Waals surface area contributed by atoms with Gasteiger partial charge in [-0.15, -0.1) is 0 Å². The van der Waals surface area contributed by atoms with Crippen molar-refractivity contribution in [2.24, 2.45) is 5.92 Å². The Balaban J connectivity index is 4.72. The first-order valence-electron chi connectivity index (χ1n) is 5.99.